The van der Waals surface area contributed by atoms with Gasteiger partial charge in [0.05, 0.1) is 11.1 Å². The lowest BCUT2D eigenvalue weighted by Crippen LogP contribution is -2.32. The number of anilines is 1. The molecule has 0 radical (unpaired) electrons. The van der Waals surface area contributed by atoms with Crippen LogP contribution in [0.5, 0.6) is 5.75 Å². The quantitative estimate of drug-likeness (QED) is 0.934. The van der Waals surface area contributed by atoms with Crippen LogP contribution in [0.15, 0.2) is 36.4 Å². The van der Waals surface area contributed by atoms with Crippen molar-refractivity contribution in [3.63, 3.8) is 0 Å². The maximum absolute atomic E-state index is 13.8. The Kier molecular flexibility index (Phi) is 3.58. The van der Waals surface area contributed by atoms with Crippen molar-refractivity contribution in [2.45, 2.75) is 31.1 Å². The zero-order valence-corrected chi connectivity index (χ0v) is 12.8. The first-order valence-electron chi connectivity index (χ1n) is 7.28. The van der Waals surface area contributed by atoms with Gasteiger partial charge in [-0.05, 0) is 25.0 Å². The highest BCUT2D eigenvalue weighted by molar-refractivity contribution is 5.85. The van der Waals surface area contributed by atoms with Crippen LogP contribution in [0.3, 0.4) is 0 Å². The summed E-state index contributed by atoms with van der Waals surface area (Å²) >= 11 is 0. The minimum atomic E-state index is -2.83. The molecule has 1 N–H and O–H groups in total. The number of aryl methyl sites for hydroxylation is 1. The predicted octanol–water partition coefficient (Wildman–Crippen LogP) is 3.72. The van der Waals surface area contributed by atoms with Crippen LogP contribution in [0.2, 0.25) is 0 Å². The highest BCUT2D eigenvalue weighted by Gasteiger charge is 2.61. The summed E-state index contributed by atoms with van der Waals surface area (Å²) in [6.45, 7) is 0.920. The van der Waals surface area contributed by atoms with E-state index in [1.165, 1.54) is 10.7 Å². The van der Waals surface area contributed by atoms with Gasteiger partial charge in [-0.15, -0.1) is 0 Å². The van der Waals surface area contributed by atoms with E-state index < -0.39 is 17.4 Å². The smallest absolute Gasteiger partial charge is 0.410 e. The van der Waals surface area contributed by atoms with E-state index in [4.69, 9.17) is 4.74 Å². The Bertz CT molecular complexity index is 719. The molecule has 1 aliphatic rings. The van der Waals surface area contributed by atoms with Gasteiger partial charge in [0.15, 0.2) is 5.82 Å². The summed E-state index contributed by atoms with van der Waals surface area (Å²) in [7, 11) is 1.59. The summed E-state index contributed by atoms with van der Waals surface area (Å²) in [5, 5.41) is 6.55. The topological polar surface area (TPSA) is 56.2 Å². The van der Waals surface area contributed by atoms with Crippen LogP contribution in [0, 0.1) is 0 Å². The van der Waals surface area contributed by atoms with Gasteiger partial charge in [-0.1, -0.05) is 18.2 Å². The van der Waals surface area contributed by atoms with Gasteiger partial charge in [-0.3, -0.25) is 10.00 Å². The molecule has 23 heavy (non-hydrogen) atoms. The van der Waals surface area contributed by atoms with E-state index in [0.717, 1.165) is 6.92 Å². The summed E-state index contributed by atoms with van der Waals surface area (Å²) in [4.78, 5) is 11.8. The number of benzene rings is 1. The fourth-order valence-corrected chi connectivity index (χ4v) is 2.75. The van der Waals surface area contributed by atoms with Crippen molar-refractivity contribution in [1.29, 1.82) is 0 Å². The molecule has 1 saturated carbocycles. The molecule has 1 aromatic carbocycles. The third kappa shape index (κ3) is 2.91. The number of ether oxygens (including phenoxy) is 1. The Hall–Kier alpha value is -2.44. The second-order valence-electron chi connectivity index (χ2n) is 5.84. The number of rotatable bonds is 4. The molecule has 1 aliphatic carbocycles. The van der Waals surface area contributed by atoms with Crippen molar-refractivity contribution in [2.24, 2.45) is 7.05 Å². The summed E-state index contributed by atoms with van der Waals surface area (Å²) in [5.74, 6) is -2.25. The van der Waals surface area contributed by atoms with E-state index in [1.807, 2.05) is 0 Å². The number of para-hydroxylation sites is 1. The average molecular weight is 321 g/mol. The maximum atomic E-state index is 13.8. The fraction of sp³-hybridized carbons (Fsp3) is 0.375. The third-order valence-corrected chi connectivity index (χ3v) is 4.14. The molecule has 2 aromatic rings. The zero-order chi connectivity index (χ0) is 16.7. The van der Waals surface area contributed by atoms with Crippen LogP contribution in [-0.4, -0.2) is 21.8 Å². The SMILES string of the molecule is Cn1nc(NC(=O)Oc2ccccc2)cc1C1(C(C)(F)F)CC1. The minimum Gasteiger partial charge on any atom is -0.410 e. The molecule has 0 unspecified atom stereocenters. The van der Waals surface area contributed by atoms with Crippen LogP contribution in [0.1, 0.15) is 25.5 Å². The molecule has 7 heteroatoms. The van der Waals surface area contributed by atoms with Gasteiger partial charge in [0, 0.05) is 20.0 Å². The number of carbonyl (C=O) groups excluding carboxylic acids is 1. The summed E-state index contributed by atoms with van der Waals surface area (Å²) < 4.78 is 34.1. The van der Waals surface area contributed by atoms with Gasteiger partial charge >= 0.3 is 6.09 Å². The second kappa shape index (κ2) is 5.33. The minimum absolute atomic E-state index is 0.193. The molecule has 1 aromatic heterocycles. The molecular formula is C16H17F2N3O2. The molecule has 0 saturated heterocycles. The average Bonchev–Trinajstić information content (AvgIpc) is 3.20. The normalized spacial score (nSPS) is 16.0. The summed E-state index contributed by atoms with van der Waals surface area (Å²) in [6.07, 6.45) is 0.0994. The third-order valence-electron chi connectivity index (χ3n) is 4.14. The van der Waals surface area contributed by atoms with E-state index >= 15 is 0 Å². The van der Waals surface area contributed by atoms with Gasteiger partial charge < -0.3 is 4.74 Å². The lowest BCUT2D eigenvalue weighted by Gasteiger charge is -2.22. The van der Waals surface area contributed by atoms with Crippen molar-refractivity contribution >= 4 is 11.9 Å². The molecule has 122 valence electrons. The number of amides is 1. The van der Waals surface area contributed by atoms with Gasteiger partial charge in [-0.2, -0.15) is 5.10 Å². The number of halogens is 2. The summed E-state index contributed by atoms with van der Waals surface area (Å²) in [6, 6.07) is 10.0. The van der Waals surface area contributed by atoms with E-state index in [9.17, 15) is 13.6 Å². The highest BCUT2D eigenvalue weighted by Crippen LogP contribution is 2.58. The number of alkyl halides is 2. The Morgan fingerprint density at radius 1 is 1.35 bits per heavy atom. The zero-order valence-electron chi connectivity index (χ0n) is 12.8. The number of nitrogens with one attached hydrogen (secondary N) is 1. The summed E-state index contributed by atoms with van der Waals surface area (Å²) in [5.41, 5.74) is -0.766. The lowest BCUT2D eigenvalue weighted by molar-refractivity contribution is -0.0226. The Morgan fingerprint density at radius 2 is 2.00 bits per heavy atom. The first kappa shape index (κ1) is 15.5. The Balaban J connectivity index is 1.73. The Morgan fingerprint density at radius 3 is 2.57 bits per heavy atom. The van der Waals surface area contributed by atoms with Gasteiger partial charge in [0.2, 0.25) is 0 Å². The molecule has 0 bridgehead atoms. The molecule has 0 spiro atoms. The first-order chi connectivity index (χ1) is 10.8. The number of hydrogen-bond donors (Lipinski definition) is 1. The number of nitrogens with zero attached hydrogens (tertiary/aromatic N) is 2. The lowest BCUT2D eigenvalue weighted by atomic mass is 9.95. The monoisotopic (exact) mass is 321 g/mol. The molecule has 0 aliphatic heterocycles. The van der Waals surface area contributed by atoms with Crippen LogP contribution in [0.25, 0.3) is 0 Å². The largest absolute Gasteiger partial charge is 0.418 e. The van der Waals surface area contributed by atoms with Gasteiger partial charge in [0.25, 0.3) is 5.92 Å². The standard InChI is InChI=1S/C16H17F2N3O2/c1-15(17,18)16(8-9-16)12-10-13(20-21(12)2)19-14(22)23-11-6-4-3-5-7-11/h3-7,10H,8-9H2,1-2H3,(H,19,20,22). The molecule has 0 atom stereocenters. The molecule has 5 nitrogen and oxygen atoms in total. The van der Waals surface area contributed by atoms with E-state index in [-0.39, 0.29) is 5.82 Å². The van der Waals surface area contributed by atoms with Crippen LogP contribution in [0.4, 0.5) is 19.4 Å². The van der Waals surface area contributed by atoms with E-state index in [2.05, 4.69) is 10.4 Å². The van der Waals surface area contributed by atoms with Crippen molar-refractivity contribution in [1.82, 2.24) is 9.78 Å². The molecule has 3 rings (SSSR count). The van der Waals surface area contributed by atoms with Crippen LogP contribution >= 0.6 is 0 Å². The van der Waals surface area contributed by atoms with Crippen molar-refractivity contribution in [2.75, 3.05) is 5.32 Å². The van der Waals surface area contributed by atoms with Gasteiger partial charge in [0.1, 0.15) is 5.75 Å². The van der Waals surface area contributed by atoms with Gasteiger partial charge in [-0.25, -0.2) is 13.6 Å². The van der Waals surface area contributed by atoms with Crippen molar-refractivity contribution < 1.29 is 18.3 Å². The number of hydrogen-bond acceptors (Lipinski definition) is 3. The Labute approximate surface area is 132 Å². The number of aromatic nitrogens is 2. The molecular weight excluding hydrogens is 304 g/mol. The van der Waals surface area contributed by atoms with Crippen LogP contribution < -0.4 is 10.1 Å². The highest BCUT2D eigenvalue weighted by atomic mass is 19.3. The molecule has 1 heterocycles. The first-order valence-corrected chi connectivity index (χ1v) is 7.28. The van der Waals surface area contributed by atoms with Crippen molar-refractivity contribution in [3.05, 3.63) is 42.1 Å². The fourth-order valence-electron chi connectivity index (χ4n) is 2.75. The van der Waals surface area contributed by atoms with Crippen molar-refractivity contribution in [3.8, 4) is 5.75 Å². The maximum Gasteiger partial charge on any atom is 0.418 e. The van der Waals surface area contributed by atoms with E-state index in [0.29, 0.717) is 24.3 Å². The van der Waals surface area contributed by atoms with E-state index in [1.54, 1.807) is 37.4 Å². The van der Waals surface area contributed by atoms with Crippen LogP contribution in [-0.2, 0) is 12.5 Å². The molecule has 1 fully saturated rings. The second-order valence-corrected chi connectivity index (χ2v) is 5.84. The number of carbonyl (C=O) groups is 1. The predicted molar refractivity (Wildman–Crippen MR) is 80.8 cm³/mol. The molecule has 1 amide bonds.